The monoisotopic (exact) mass is 1040 g/mol. The lowest BCUT2D eigenvalue weighted by atomic mass is 9.99. The zero-order chi connectivity index (χ0) is 55.0. The number of hydrogen-bond acceptors (Lipinski definition) is 6. The Morgan fingerprint density at radius 2 is 0.507 bits per heavy atom. The summed E-state index contributed by atoms with van der Waals surface area (Å²) >= 11 is 0. The molecule has 0 amide bonds. The molecule has 75 heavy (non-hydrogen) atoms. The average molecular weight is 1040 g/mol. The van der Waals surface area contributed by atoms with E-state index in [-0.39, 0.29) is 33.9 Å². The first-order valence-corrected chi connectivity index (χ1v) is 29.9. The van der Waals surface area contributed by atoms with Gasteiger partial charge in [-0.25, -0.2) is 14.4 Å². The van der Waals surface area contributed by atoms with Gasteiger partial charge in [-0.1, -0.05) is 236 Å². The molecule has 0 radical (unpaired) electrons. The van der Waals surface area contributed by atoms with Gasteiger partial charge in [-0.15, -0.1) is 0 Å². The fraction of sp³-hybridized carbons (Fsp3) is 0.621. The first-order chi connectivity index (χ1) is 36.5. The molecule has 0 aliphatic carbocycles. The van der Waals surface area contributed by atoms with Crippen molar-refractivity contribution in [2.45, 2.75) is 265 Å². The molecule has 6 N–H and O–H groups in total. The number of aromatic hydroxyl groups is 3. The summed E-state index contributed by atoms with van der Waals surface area (Å²) in [5, 5.41) is 56.6. The molecule has 0 aliphatic heterocycles. The highest BCUT2D eigenvalue weighted by atomic mass is 16.4. The molecule has 9 heteroatoms. The van der Waals surface area contributed by atoms with Crippen LogP contribution >= 0.6 is 0 Å². The van der Waals surface area contributed by atoms with Crippen LogP contribution in [-0.4, -0.2) is 48.5 Å². The molecule has 0 atom stereocenters. The van der Waals surface area contributed by atoms with Crippen molar-refractivity contribution in [3.05, 3.63) is 112 Å². The van der Waals surface area contributed by atoms with Gasteiger partial charge in [0.05, 0.1) is 0 Å². The fourth-order valence-corrected chi connectivity index (χ4v) is 9.52. The summed E-state index contributed by atoms with van der Waals surface area (Å²) in [5.41, 5.74) is 2.41. The number of carboxylic acids is 3. The standard InChI is InChI=1S/C24H38O3.C22H34O3.C20H32O3/c1-2-3-4-5-6-7-8-9-10-11-12-13-14-15-16-18-21-19-17-20-22(25)23(21)24(26)27;1-2-3-4-5-6-7-8-9-10-11-12-13-14-16-19-17-15-18-20(23)21(19)22(24)25;1-2-3-4-5-6-7-8-9-10-11-12-14-17-15-13-16-18(21)19(17)20(22)23/h7-8,17,19-20,25H,2-6,9-16,18H2,1H3,(H,26,27);7-8,15,17-18,23H,2-6,9-14,16H2,1H3,(H,24,25);13,15-16,21H,2-12,14H2,1H3,(H,22,23)/b2*8-7-;. The highest BCUT2D eigenvalue weighted by Gasteiger charge is 2.16. The van der Waals surface area contributed by atoms with Gasteiger partial charge in [0.25, 0.3) is 0 Å². The maximum absolute atomic E-state index is 11.2. The Balaban J connectivity index is 0.000000564. The first-order valence-electron chi connectivity index (χ1n) is 29.9. The third-order valence-electron chi connectivity index (χ3n) is 14.0. The predicted octanol–water partition coefficient (Wildman–Crippen LogP) is 19.7. The molecular formula is C66H104O9. The van der Waals surface area contributed by atoms with E-state index in [4.69, 9.17) is 5.11 Å². The van der Waals surface area contributed by atoms with Gasteiger partial charge in [0.15, 0.2) is 0 Å². The second-order valence-electron chi connectivity index (χ2n) is 20.6. The van der Waals surface area contributed by atoms with Gasteiger partial charge in [-0.3, -0.25) is 0 Å². The van der Waals surface area contributed by atoms with E-state index < -0.39 is 17.9 Å². The molecule has 0 spiro atoms. The minimum atomic E-state index is -1.05. The van der Waals surface area contributed by atoms with E-state index in [0.29, 0.717) is 6.42 Å². The Morgan fingerprint density at radius 1 is 0.307 bits per heavy atom. The van der Waals surface area contributed by atoms with E-state index in [2.05, 4.69) is 45.1 Å². The second-order valence-corrected chi connectivity index (χ2v) is 20.6. The van der Waals surface area contributed by atoms with Crippen LogP contribution in [0.25, 0.3) is 0 Å². The maximum Gasteiger partial charge on any atom is 0.339 e. The highest BCUT2D eigenvalue weighted by Crippen LogP contribution is 2.26. The summed E-state index contributed by atoms with van der Waals surface area (Å²) in [5.74, 6) is -3.52. The molecular weight excluding hydrogens is 937 g/mol. The number of aryl methyl sites for hydroxylation is 3. The number of phenols is 3. The van der Waals surface area contributed by atoms with Gasteiger partial charge < -0.3 is 30.6 Å². The lowest BCUT2D eigenvalue weighted by Gasteiger charge is -2.08. The van der Waals surface area contributed by atoms with Gasteiger partial charge in [0, 0.05) is 0 Å². The Labute approximate surface area is 455 Å². The van der Waals surface area contributed by atoms with Gasteiger partial charge in [-0.2, -0.15) is 0 Å². The largest absolute Gasteiger partial charge is 0.507 e. The summed E-state index contributed by atoms with van der Waals surface area (Å²) in [4.78, 5) is 33.6. The minimum absolute atomic E-state index is 0.0616. The molecule has 3 aromatic carbocycles. The number of aromatic carboxylic acids is 3. The summed E-state index contributed by atoms with van der Waals surface area (Å²) in [6.45, 7) is 6.74. The van der Waals surface area contributed by atoms with E-state index in [9.17, 15) is 39.9 Å². The Kier molecular flexibility index (Phi) is 43.0. The number of unbranched alkanes of at least 4 members (excludes halogenated alkanes) is 30. The van der Waals surface area contributed by atoms with Gasteiger partial charge >= 0.3 is 17.9 Å². The Morgan fingerprint density at radius 3 is 0.733 bits per heavy atom. The van der Waals surface area contributed by atoms with Gasteiger partial charge in [0.2, 0.25) is 0 Å². The summed E-state index contributed by atoms with van der Waals surface area (Å²) in [7, 11) is 0. The van der Waals surface area contributed by atoms with E-state index in [1.54, 1.807) is 36.4 Å². The summed E-state index contributed by atoms with van der Waals surface area (Å²) in [6.07, 6.45) is 55.3. The average Bonchev–Trinajstić information content (AvgIpc) is 3.38. The quantitative estimate of drug-likeness (QED) is 0.0238. The van der Waals surface area contributed by atoms with E-state index >= 15 is 0 Å². The van der Waals surface area contributed by atoms with Crippen LogP contribution in [0, 0.1) is 0 Å². The summed E-state index contributed by atoms with van der Waals surface area (Å²) in [6, 6.07) is 14.9. The van der Waals surface area contributed by atoms with Gasteiger partial charge in [-0.05, 0) is 125 Å². The van der Waals surface area contributed by atoms with Crippen molar-refractivity contribution in [2.75, 3.05) is 0 Å². The predicted molar refractivity (Wildman–Crippen MR) is 313 cm³/mol. The van der Waals surface area contributed by atoms with E-state index in [1.165, 1.54) is 204 Å². The summed E-state index contributed by atoms with van der Waals surface area (Å²) < 4.78 is 0. The number of hydrogen-bond donors (Lipinski definition) is 6. The molecule has 0 saturated heterocycles. The lowest BCUT2D eigenvalue weighted by molar-refractivity contribution is 0.0681. The van der Waals surface area contributed by atoms with Crippen molar-refractivity contribution in [1.29, 1.82) is 0 Å². The van der Waals surface area contributed by atoms with Crippen molar-refractivity contribution in [3.8, 4) is 17.2 Å². The highest BCUT2D eigenvalue weighted by molar-refractivity contribution is 5.93. The second kappa shape index (κ2) is 47.4. The van der Waals surface area contributed by atoms with Crippen LogP contribution in [0.15, 0.2) is 78.9 Å². The molecule has 0 aromatic heterocycles. The molecule has 3 aromatic rings. The molecule has 422 valence electrons. The number of benzene rings is 3. The van der Waals surface area contributed by atoms with Gasteiger partial charge in [0.1, 0.15) is 33.9 Å². The van der Waals surface area contributed by atoms with Crippen LogP contribution in [0.3, 0.4) is 0 Å². The third kappa shape index (κ3) is 35.0. The Hall–Kier alpha value is -5.05. The number of carboxylic acid groups (broad SMARTS) is 3. The molecule has 0 heterocycles. The SMILES string of the molecule is CCCCCC/C=C\CCCCCCCCCc1cccc(O)c1C(=O)O.CCCCCC/C=C\CCCCCCCc1cccc(O)c1C(=O)O.CCCCCCCCCCCCCc1cccc(O)c1C(=O)O. The van der Waals surface area contributed by atoms with Crippen LogP contribution in [0.2, 0.25) is 0 Å². The number of rotatable bonds is 43. The van der Waals surface area contributed by atoms with Crippen LogP contribution in [0.4, 0.5) is 0 Å². The molecule has 0 fully saturated rings. The van der Waals surface area contributed by atoms with Crippen molar-refractivity contribution >= 4 is 17.9 Å². The molecule has 0 bridgehead atoms. The van der Waals surface area contributed by atoms with Crippen molar-refractivity contribution in [3.63, 3.8) is 0 Å². The van der Waals surface area contributed by atoms with Crippen LogP contribution in [0.1, 0.15) is 293 Å². The third-order valence-corrected chi connectivity index (χ3v) is 14.0. The lowest BCUT2D eigenvalue weighted by Crippen LogP contribution is -2.03. The number of carbonyl (C=O) groups is 3. The van der Waals surface area contributed by atoms with E-state index in [0.717, 1.165) is 68.1 Å². The number of allylic oxidation sites excluding steroid dienone is 4. The normalized spacial score (nSPS) is 11.1. The first kappa shape index (κ1) is 68.0. The molecule has 0 saturated carbocycles. The van der Waals surface area contributed by atoms with Crippen LogP contribution in [0.5, 0.6) is 17.2 Å². The zero-order valence-electron chi connectivity index (χ0n) is 47.3. The fourth-order valence-electron chi connectivity index (χ4n) is 9.52. The molecule has 3 rings (SSSR count). The van der Waals surface area contributed by atoms with Crippen LogP contribution in [-0.2, 0) is 19.3 Å². The molecule has 0 unspecified atom stereocenters. The van der Waals surface area contributed by atoms with Crippen molar-refractivity contribution in [2.24, 2.45) is 0 Å². The smallest absolute Gasteiger partial charge is 0.339 e. The topological polar surface area (TPSA) is 173 Å². The molecule has 0 aliphatic rings. The zero-order valence-corrected chi connectivity index (χ0v) is 47.3. The Bertz CT molecular complexity index is 1970. The van der Waals surface area contributed by atoms with E-state index in [1.807, 2.05) is 0 Å². The minimum Gasteiger partial charge on any atom is -0.507 e. The molecule has 9 nitrogen and oxygen atoms in total. The maximum atomic E-state index is 11.2. The van der Waals surface area contributed by atoms with Crippen molar-refractivity contribution in [1.82, 2.24) is 0 Å². The van der Waals surface area contributed by atoms with Crippen molar-refractivity contribution < 1.29 is 45.0 Å². The van der Waals surface area contributed by atoms with Crippen LogP contribution < -0.4 is 0 Å².